The van der Waals surface area contributed by atoms with Gasteiger partial charge in [-0.2, -0.15) is 11.8 Å². The fourth-order valence-electron chi connectivity index (χ4n) is 1.32. The number of nitrogens with one attached hydrogen (secondary N) is 1. The average Bonchev–Trinajstić information content (AvgIpc) is 2.91. The highest BCUT2D eigenvalue weighted by molar-refractivity contribution is 7.98. The van der Waals surface area contributed by atoms with E-state index in [1.807, 2.05) is 6.26 Å². The maximum atomic E-state index is 11.3. The molecular formula is C9H15NO3S. The number of carbonyl (C=O) groups excluding carboxylic acids is 1. The van der Waals surface area contributed by atoms with E-state index < -0.39 is 11.9 Å². The van der Waals surface area contributed by atoms with Gasteiger partial charge < -0.3 is 10.4 Å². The molecule has 1 fully saturated rings. The van der Waals surface area contributed by atoms with E-state index in [1.165, 1.54) is 0 Å². The molecule has 14 heavy (non-hydrogen) atoms. The first kappa shape index (κ1) is 11.4. The lowest BCUT2D eigenvalue weighted by atomic mass is 10.3. The predicted molar refractivity (Wildman–Crippen MR) is 55.2 cm³/mol. The standard InChI is InChI=1S/C9H15NO3S/c1-14-4-2-3-10-8(11)6-5-7(6)9(12)13/h6-7H,2-5H2,1H3,(H,10,11)(H,12,13). The summed E-state index contributed by atoms with van der Waals surface area (Å²) < 4.78 is 0. The minimum Gasteiger partial charge on any atom is -0.481 e. The summed E-state index contributed by atoms with van der Waals surface area (Å²) >= 11 is 1.74. The molecule has 0 saturated heterocycles. The summed E-state index contributed by atoms with van der Waals surface area (Å²) in [6, 6.07) is 0. The highest BCUT2D eigenvalue weighted by Gasteiger charge is 2.48. The van der Waals surface area contributed by atoms with Crippen LogP contribution in [0.1, 0.15) is 12.8 Å². The van der Waals surface area contributed by atoms with Crippen LogP contribution in [-0.2, 0) is 9.59 Å². The second-order valence-corrected chi connectivity index (χ2v) is 4.41. The lowest BCUT2D eigenvalue weighted by molar-refractivity contribution is -0.140. The van der Waals surface area contributed by atoms with Crippen molar-refractivity contribution in [1.29, 1.82) is 0 Å². The minimum absolute atomic E-state index is 0.0986. The van der Waals surface area contributed by atoms with Gasteiger partial charge in [-0.3, -0.25) is 9.59 Å². The van der Waals surface area contributed by atoms with Crippen LogP contribution in [0.4, 0.5) is 0 Å². The van der Waals surface area contributed by atoms with Crippen LogP contribution in [0.25, 0.3) is 0 Å². The van der Waals surface area contributed by atoms with Crippen LogP contribution in [0, 0.1) is 11.8 Å². The fraction of sp³-hybridized carbons (Fsp3) is 0.778. The van der Waals surface area contributed by atoms with E-state index in [9.17, 15) is 9.59 Å². The molecule has 0 aromatic carbocycles. The molecule has 4 nitrogen and oxygen atoms in total. The Morgan fingerprint density at radius 1 is 1.50 bits per heavy atom. The van der Waals surface area contributed by atoms with Crippen molar-refractivity contribution in [2.45, 2.75) is 12.8 Å². The summed E-state index contributed by atoms with van der Waals surface area (Å²) in [5, 5.41) is 11.3. The molecule has 1 aliphatic carbocycles. The smallest absolute Gasteiger partial charge is 0.307 e. The number of hydrogen-bond donors (Lipinski definition) is 2. The molecule has 5 heteroatoms. The summed E-state index contributed by atoms with van der Waals surface area (Å²) in [6.07, 6.45) is 3.46. The molecule has 1 aliphatic rings. The molecule has 2 N–H and O–H groups in total. The topological polar surface area (TPSA) is 66.4 Å². The van der Waals surface area contributed by atoms with E-state index in [-0.39, 0.29) is 11.8 Å². The molecule has 0 aromatic rings. The van der Waals surface area contributed by atoms with E-state index in [1.54, 1.807) is 11.8 Å². The highest BCUT2D eigenvalue weighted by atomic mass is 32.2. The molecule has 0 aliphatic heterocycles. The van der Waals surface area contributed by atoms with Gasteiger partial charge in [0.05, 0.1) is 11.8 Å². The van der Waals surface area contributed by atoms with Crippen LogP contribution in [0.5, 0.6) is 0 Å². The Morgan fingerprint density at radius 3 is 2.71 bits per heavy atom. The van der Waals surface area contributed by atoms with Crippen molar-refractivity contribution in [3.8, 4) is 0 Å². The summed E-state index contributed by atoms with van der Waals surface area (Å²) in [5.41, 5.74) is 0. The highest BCUT2D eigenvalue weighted by Crippen LogP contribution is 2.38. The van der Waals surface area contributed by atoms with Crippen LogP contribution in [-0.4, -0.2) is 35.5 Å². The Hall–Kier alpha value is -0.710. The van der Waals surface area contributed by atoms with Crippen LogP contribution >= 0.6 is 11.8 Å². The third-order valence-electron chi connectivity index (χ3n) is 2.27. The van der Waals surface area contributed by atoms with E-state index in [2.05, 4.69) is 5.32 Å². The molecule has 0 bridgehead atoms. The number of amides is 1. The molecule has 0 radical (unpaired) electrons. The molecule has 2 unspecified atom stereocenters. The number of rotatable bonds is 6. The van der Waals surface area contributed by atoms with Gasteiger partial charge >= 0.3 is 5.97 Å². The molecule has 1 amide bonds. The largest absolute Gasteiger partial charge is 0.481 e. The van der Waals surface area contributed by atoms with Gasteiger partial charge in [0.25, 0.3) is 0 Å². The molecule has 0 spiro atoms. The fourth-order valence-corrected chi connectivity index (χ4v) is 1.75. The minimum atomic E-state index is -0.853. The van der Waals surface area contributed by atoms with Crippen molar-refractivity contribution >= 4 is 23.6 Å². The number of hydrogen-bond acceptors (Lipinski definition) is 3. The monoisotopic (exact) mass is 217 g/mol. The van der Waals surface area contributed by atoms with Crippen LogP contribution in [0.3, 0.4) is 0 Å². The first-order valence-electron chi connectivity index (χ1n) is 4.66. The van der Waals surface area contributed by atoms with Crippen LogP contribution < -0.4 is 5.32 Å². The van der Waals surface area contributed by atoms with Crippen LogP contribution in [0.2, 0.25) is 0 Å². The van der Waals surface area contributed by atoms with Gasteiger partial charge in [-0.15, -0.1) is 0 Å². The zero-order valence-corrected chi connectivity index (χ0v) is 8.97. The second-order valence-electron chi connectivity index (χ2n) is 3.42. The first-order chi connectivity index (χ1) is 6.66. The normalized spacial score (nSPS) is 24.4. The van der Waals surface area contributed by atoms with Crippen molar-refractivity contribution in [2.75, 3.05) is 18.6 Å². The Balaban J connectivity index is 2.09. The number of thioether (sulfide) groups is 1. The number of carboxylic acids is 1. The van der Waals surface area contributed by atoms with E-state index in [4.69, 9.17) is 5.11 Å². The Kier molecular flexibility index (Phi) is 4.25. The Labute approximate surface area is 87.4 Å². The van der Waals surface area contributed by atoms with Gasteiger partial charge in [-0.05, 0) is 24.9 Å². The van der Waals surface area contributed by atoms with Crippen molar-refractivity contribution in [1.82, 2.24) is 5.32 Å². The zero-order valence-electron chi connectivity index (χ0n) is 8.16. The van der Waals surface area contributed by atoms with Gasteiger partial charge in [0.2, 0.25) is 5.91 Å². The maximum Gasteiger partial charge on any atom is 0.307 e. The summed E-state index contributed by atoms with van der Waals surface area (Å²) in [4.78, 5) is 21.8. The average molecular weight is 217 g/mol. The number of carbonyl (C=O) groups is 2. The lowest BCUT2D eigenvalue weighted by Crippen LogP contribution is -2.27. The van der Waals surface area contributed by atoms with Crippen molar-refractivity contribution in [2.24, 2.45) is 11.8 Å². The number of aliphatic carboxylic acids is 1. The van der Waals surface area contributed by atoms with Crippen molar-refractivity contribution < 1.29 is 14.7 Å². The van der Waals surface area contributed by atoms with Gasteiger partial charge in [-0.1, -0.05) is 0 Å². The molecule has 1 rings (SSSR count). The molecule has 0 heterocycles. The Bertz CT molecular complexity index is 232. The first-order valence-corrected chi connectivity index (χ1v) is 6.05. The van der Waals surface area contributed by atoms with Gasteiger partial charge in [0, 0.05) is 6.54 Å². The van der Waals surface area contributed by atoms with E-state index in [0.717, 1.165) is 12.2 Å². The summed E-state index contributed by atoms with van der Waals surface area (Å²) in [7, 11) is 0. The molecule has 0 aromatic heterocycles. The van der Waals surface area contributed by atoms with Gasteiger partial charge in [-0.25, -0.2) is 0 Å². The maximum absolute atomic E-state index is 11.3. The lowest BCUT2D eigenvalue weighted by Gasteiger charge is -2.02. The van der Waals surface area contributed by atoms with Crippen LogP contribution in [0.15, 0.2) is 0 Å². The molecule has 1 saturated carbocycles. The van der Waals surface area contributed by atoms with Crippen molar-refractivity contribution in [3.05, 3.63) is 0 Å². The SMILES string of the molecule is CSCCCNC(=O)C1CC1C(=O)O. The second kappa shape index (κ2) is 5.24. The zero-order chi connectivity index (χ0) is 10.6. The quantitative estimate of drug-likeness (QED) is 0.639. The third kappa shape index (κ3) is 3.21. The molecule has 80 valence electrons. The van der Waals surface area contributed by atoms with Crippen molar-refractivity contribution in [3.63, 3.8) is 0 Å². The van der Waals surface area contributed by atoms with Gasteiger partial charge in [0.15, 0.2) is 0 Å². The summed E-state index contributed by atoms with van der Waals surface area (Å²) in [5.74, 6) is -0.641. The third-order valence-corrected chi connectivity index (χ3v) is 2.97. The predicted octanol–water partition coefficient (Wildman–Crippen LogP) is 0.576. The Morgan fingerprint density at radius 2 is 2.21 bits per heavy atom. The number of carboxylic acid groups (broad SMARTS) is 1. The summed E-state index contributed by atoms with van der Waals surface area (Å²) in [6.45, 7) is 0.655. The van der Waals surface area contributed by atoms with E-state index >= 15 is 0 Å². The van der Waals surface area contributed by atoms with E-state index in [0.29, 0.717) is 13.0 Å². The van der Waals surface area contributed by atoms with Gasteiger partial charge in [0.1, 0.15) is 0 Å². The molecular weight excluding hydrogens is 202 g/mol. The molecule has 2 atom stereocenters.